The summed E-state index contributed by atoms with van der Waals surface area (Å²) in [7, 11) is 1.33. The van der Waals surface area contributed by atoms with Crippen LogP contribution in [0.3, 0.4) is 0 Å². The van der Waals surface area contributed by atoms with Crippen LogP contribution in [-0.4, -0.2) is 31.1 Å². The lowest BCUT2D eigenvalue weighted by Gasteiger charge is -2.09. The number of carbonyl (C=O) groups is 3. The molecule has 8 heteroatoms. The number of methoxy groups -OCH3 is 1. The van der Waals surface area contributed by atoms with Gasteiger partial charge in [0.15, 0.2) is 0 Å². The summed E-state index contributed by atoms with van der Waals surface area (Å²) in [5.74, 6) is -1.59. The molecule has 3 rings (SSSR count). The van der Waals surface area contributed by atoms with Crippen molar-refractivity contribution in [1.82, 2.24) is 5.43 Å². The van der Waals surface area contributed by atoms with Crippen LogP contribution >= 0.6 is 0 Å². The van der Waals surface area contributed by atoms with Gasteiger partial charge >= 0.3 is 17.8 Å². The van der Waals surface area contributed by atoms with E-state index in [0.717, 1.165) is 5.56 Å². The van der Waals surface area contributed by atoms with E-state index in [-0.39, 0.29) is 6.61 Å². The van der Waals surface area contributed by atoms with E-state index in [1.54, 1.807) is 78.9 Å². The Morgan fingerprint density at radius 3 is 2.28 bits per heavy atom. The van der Waals surface area contributed by atoms with E-state index < -0.39 is 17.8 Å². The van der Waals surface area contributed by atoms with Crippen molar-refractivity contribution in [2.45, 2.75) is 6.61 Å². The molecule has 0 radical (unpaired) electrons. The number of para-hydroxylation sites is 2. The van der Waals surface area contributed by atoms with Gasteiger partial charge in [-0.3, -0.25) is 9.59 Å². The van der Waals surface area contributed by atoms with Crippen molar-refractivity contribution in [2.24, 2.45) is 5.10 Å². The smallest absolute Gasteiger partial charge is 0.337 e. The molecule has 0 aliphatic rings. The monoisotopic (exact) mass is 431 g/mol. The molecule has 0 unspecified atom stereocenters. The molecule has 2 N–H and O–H groups in total. The van der Waals surface area contributed by atoms with Gasteiger partial charge in [0.2, 0.25) is 0 Å². The first-order valence-electron chi connectivity index (χ1n) is 9.65. The van der Waals surface area contributed by atoms with E-state index in [4.69, 9.17) is 4.74 Å². The molecular formula is C24H21N3O5. The Hall–Kier alpha value is -4.46. The number of nitrogens with zero attached hydrogens (tertiary/aromatic N) is 1. The van der Waals surface area contributed by atoms with Crippen LogP contribution in [0.4, 0.5) is 5.69 Å². The van der Waals surface area contributed by atoms with Crippen LogP contribution in [0.15, 0.2) is 84.0 Å². The van der Waals surface area contributed by atoms with Gasteiger partial charge in [0.25, 0.3) is 0 Å². The first kappa shape index (κ1) is 22.2. The summed E-state index contributed by atoms with van der Waals surface area (Å²) in [4.78, 5) is 35.4. The van der Waals surface area contributed by atoms with Crippen molar-refractivity contribution in [3.8, 4) is 5.75 Å². The van der Waals surface area contributed by atoms with Gasteiger partial charge in [-0.15, -0.1) is 0 Å². The van der Waals surface area contributed by atoms with E-state index in [1.807, 2.05) is 0 Å². The SMILES string of the molecule is COC(=O)c1ccc(COc2ccccc2/C=N\NC(=O)C(=O)Nc2ccccc2)cc1. The lowest BCUT2D eigenvalue weighted by Crippen LogP contribution is -2.32. The minimum absolute atomic E-state index is 0.262. The lowest BCUT2D eigenvalue weighted by molar-refractivity contribution is -0.136. The zero-order chi connectivity index (χ0) is 22.8. The summed E-state index contributed by atoms with van der Waals surface area (Å²) in [6, 6.07) is 22.6. The lowest BCUT2D eigenvalue weighted by atomic mass is 10.1. The fourth-order valence-corrected chi connectivity index (χ4v) is 2.66. The van der Waals surface area contributed by atoms with Crippen LogP contribution < -0.4 is 15.5 Å². The number of hydrazone groups is 1. The quantitative estimate of drug-likeness (QED) is 0.259. The van der Waals surface area contributed by atoms with Gasteiger partial charge in [-0.05, 0) is 42.0 Å². The molecule has 3 aromatic carbocycles. The number of esters is 1. The summed E-state index contributed by atoms with van der Waals surface area (Å²) in [5, 5.41) is 6.32. The molecule has 32 heavy (non-hydrogen) atoms. The van der Waals surface area contributed by atoms with Crippen LogP contribution in [-0.2, 0) is 20.9 Å². The second-order valence-electron chi connectivity index (χ2n) is 6.53. The number of rotatable bonds is 7. The Bertz CT molecular complexity index is 1110. The normalized spacial score (nSPS) is 10.4. The Labute approximate surface area is 184 Å². The van der Waals surface area contributed by atoms with Gasteiger partial charge in [-0.1, -0.05) is 42.5 Å². The number of hydrogen-bond donors (Lipinski definition) is 2. The average Bonchev–Trinajstić information content (AvgIpc) is 2.83. The second kappa shape index (κ2) is 11.1. The maximum atomic E-state index is 11.9. The molecule has 3 aromatic rings. The van der Waals surface area contributed by atoms with Crippen molar-refractivity contribution in [2.75, 3.05) is 12.4 Å². The molecule has 0 saturated carbocycles. The standard InChI is InChI=1S/C24H21N3O5/c1-31-24(30)18-13-11-17(12-14-18)16-32-21-10-6-5-7-19(21)15-25-27-23(29)22(28)26-20-8-3-2-4-9-20/h2-15H,16H2,1H3,(H,26,28)(H,27,29)/b25-15-. The Kier molecular flexibility index (Phi) is 7.69. The molecule has 0 bridgehead atoms. The van der Waals surface area contributed by atoms with E-state index in [9.17, 15) is 14.4 Å². The van der Waals surface area contributed by atoms with Gasteiger partial charge in [0.05, 0.1) is 18.9 Å². The number of benzene rings is 3. The maximum Gasteiger partial charge on any atom is 0.337 e. The molecule has 0 fully saturated rings. The molecule has 0 aromatic heterocycles. The van der Waals surface area contributed by atoms with Crippen molar-refractivity contribution >= 4 is 29.7 Å². The van der Waals surface area contributed by atoms with Crippen LogP contribution in [0.5, 0.6) is 5.75 Å². The third-order valence-corrected chi connectivity index (χ3v) is 4.30. The fourth-order valence-electron chi connectivity index (χ4n) is 2.66. The highest BCUT2D eigenvalue weighted by Gasteiger charge is 2.12. The first-order valence-corrected chi connectivity index (χ1v) is 9.65. The summed E-state index contributed by atoms with van der Waals surface area (Å²) < 4.78 is 10.5. The van der Waals surface area contributed by atoms with Gasteiger partial charge in [-0.25, -0.2) is 10.2 Å². The Balaban J connectivity index is 1.56. The Morgan fingerprint density at radius 1 is 0.875 bits per heavy atom. The molecule has 0 atom stereocenters. The highest BCUT2D eigenvalue weighted by molar-refractivity contribution is 6.39. The molecule has 162 valence electrons. The van der Waals surface area contributed by atoms with Crippen molar-refractivity contribution in [3.63, 3.8) is 0 Å². The van der Waals surface area contributed by atoms with Crippen LogP contribution in [0, 0.1) is 0 Å². The van der Waals surface area contributed by atoms with E-state index in [0.29, 0.717) is 22.6 Å². The second-order valence-corrected chi connectivity index (χ2v) is 6.53. The van der Waals surface area contributed by atoms with Crippen molar-refractivity contribution < 1.29 is 23.9 Å². The topological polar surface area (TPSA) is 106 Å². The average molecular weight is 431 g/mol. The predicted molar refractivity (Wildman–Crippen MR) is 119 cm³/mol. The number of amides is 2. The molecule has 2 amide bonds. The van der Waals surface area contributed by atoms with Crippen LogP contribution in [0.1, 0.15) is 21.5 Å². The first-order chi connectivity index (χ1) is 15.6. The molecular weight excluding hydrogens is 410 g/mol. The molecule has 0 aliphatic heterocycles. The highest BCUT2D eigenvalue weighted by atomic mass is 16.5. The van der Waals surface area contributed by atoms with Gasteiger partial charge < -0.3 is 14.8 Å². The number of anilines is 1. The molecule has 0 spiro atoms. The van der Waals surface area contributed by atoms with Crippen LogP contribution in [0.2, 0.25) is 0 Å². The maximum absolute atomic E-state index is 11.9. The summed E-state index contributed by atoms with van der Waals surface area (Å²) in [6.07, 6.45) is 1.39. The predicted octanol–water partition coefficient (Wildman–Crippen LogP) is 3.14. The molecule has 0 aliphatic carbocycles. The summed E-state index contributed by atoms with van der Waals surface area (Å²) in [6.45, 7) is 0.262. The zero-order valence-corrected chi connectivity index (χ0v) is 17.3. The number of hydrogen-bond acceptors (Lipinski definition) is 6. The highest BCUT2D eigenvalue weighted by Crippen LogP contribution is 2.18. The summed E-state index contributed by atoms with van der Waals surface area (Å²) in [5.41, 5.74) is 4.63. The van der Waals surface area contributed by atoms with Gasteiger partial charge in [0, 0.05) is 11.3 Å². The van der Waals surface area contributed by atoms with E-state index in [2.05, 4.69) is 20.6 Å². The van der Waals surface area contributed by atoms with Gasteiger partial charge in [0.1, 0.15) is 12.4 Å². The van der Waals surface area contributed by atoms with Crippen molar-refractivity contribution in [3.05, 3.63) is 95.6 Å². The Morgan fingerprint density at radius 2 is 1.56 bits per heavy atom. The number of nitrogens with one attached hydrogen (secondary N) is 2. The minimum Gasteiger partial charge on any atom is -0.488 e. The molecule has 0 heterocycles. The van der Waals surface area contributed by atoms with Crippen LogP contribution in [0.25, 0.3) is 0 Å². The number of carbonyl (C=O) groups excluding carboxylic acids is 3. The van der Waals surface area contributed by atoms with Crippen molar-refractivity contribution in [1.29, 1.82) is 0 Å². The third-order valence-electron chi connectivity index (χ3n) is 4.30. The van der Waals surface area contributed by atoms with E-state index in [1.165, 1.54) is 13.3 Å². The van der Waals surface area contributed by atoms with Gasteiger partial charge in [-0.2, -0.15) is 5.10 Å². The number of ether oxygens (including phenoxy) is 2. The summed E-state index contributed by atoms with van der Waals surface area (Å²) >= 11 is 0. The molecule has 8 nitrogen and oxygen atoms in total. The third kappa shape index (κ3) is 6.27. The fraction of sp³-hybridized carbons (Fsp3) is 0.0833. The minimum atomic E-state index is -0.894. The largest absolute Gasteiger partial charge is 0.488 e. The molecule has 0 saturated heterocycles. The van der Waals surface area contributed by atoms with E-state index >= 15 is 0 Å². The zero-order valence-electron chi connectivity index (χ0n) is 17.3.